The lowest BCUT2D eigenvalue weighted by atomic mass is 9.87. The number of hydrogen-bond donors (Lipinski definition) is 2. The van der Waals surface area contributed by atoms with E-state index in [2.05, 4.69) is 29.5 Å². The van der Waals surface area contributed by atoms with Crippen molar-refractivity contribution in [3.63, 3.8) is 0 Å². The van der Waals surface area contributed by atoms with Crippen molar-refractivity contribution in [2.75, 3.05) is 13.2 Å². The molecule has 1 atom stereocenters. The van der Waals surface area contributed by atoms with Crippen molar-refractivity contribution in [1.29, 1.82) is 0 Å². The van der Waals surface area contributed by atoms with Gasteiger partial charge in [0.1, 0.15) is 0 Å². The van der Waals surface area contributed by atoms with E-state index in [0.717, 1.165) is 31.5 Å². The predicted molar refractivity (Wildman–Crippen MR) is 80.3 cm³/mol. The molecule has 0 fully saturated rings. The quantitative estimate of drug-likeness (QED) is 0.775. The molecule has 0 bridgehead atoms. The van der Waals surface area contributed by atoms with Crippen LogP contribution in [0, 0.1) is 0 Å². The summed E-state index contributed by atoms with van der Waals surface area (Å²) in [4.78, 5) is 0. The van der Waals surface area contributed by atoms with Crippen LogP contribution in [0.1, 0.15) is 25.3 Å². The maximum Gasteiger partial charge on any atom is 0.0686 e. The van der Waals surface area contributed by atoms with Crippen LogP contribution < -0.4 is 5.32 Å². The van der Waals surface area contributed by atoms with Crippen LogP contribution in [0.25, 0.3) is 0 Å². The Morgan fingerprint density at radius 3 is 2.65 bits per heavy atom. The first-order valence-electron chi connectivity index (χ1n) is 7.19. The van der Waals surface area contributed by atoms with Gasteiger partial charge in [0.2, 0.25) is 0 Å². The molecule has 1 unspecified atom stereocenters. The summed E-state index contributed by atoms with van der Waals surface area (Å²) in [6.45, 7) is 3.87. The van der Waals surface area contributed by atoms with Crippen molar-refractivity contribution in [3.8, 4) is 0 Å². The molecule has 4 nitrogen and oxygen atoms in total. The maximum absolute atomic E-state index is 9.99. The van der Waals surface area contributed by atoms with Gasteiger partial charge in [0.25, 0.3) is 0 Å². The Balaban J connectivity index is 2.17. The first-order chi connectivity index (χ1) is 9.80. The Labute approximate surface area is 120 Å². The van der Waals surface area contributed by atoms with Gasteiger partial charge in [-0.05, 0) is 31.0 Å². The molecule has 20 heavy (non-hydrogen) atoms. The van der Waals surface area contributed by atoms with Gasteiger partial charge in [-0.2, -0.15) is 5.10 Å². The number of benzene rings is 1. The van der Waals surface area contributed by atoms with Crippen LogP contribution in [-0.4, -0.2) is 28.0 Å². The lowest BCUT2D eigenvalue weighted by molar-refractivity contribution is 0.144. The highest BCUT2D eigenvalue weighted by Crippen LogP contribution is 2.25. The van der Waals surface area contributed by atoms with Gasteiger partial charge < -0.3 is 10.4 Å². The Kier molecular flexibility index (Phi) is 5.32. The third-order valence-corrected chi connectivity index (χ3v) is 3.64. The van der Waals surface area contributed by atoms with E-state index in [1.807, 2.05) is 35.1 Å². The van der Waals surface area contributed by atoms with Crippen LogP contribution in [0.5, 0.6) is 0 Å². The van der Waals surface area contributed by atoms with E-state index < -0.39 is 5.54 Å². The molecule has 0 saturated heterocycles. The zero-order valence-electron chi connectivity index (χ0n) is 12.0. The van der Waals surface area contributed by atoms with E-state index in [9.17, 15) is 5.11 Å². The van der Waals surface area contributed by atoms with Gasteiger partial charge in [-0.3, -0.25) is 4.68 Å². The molecule has 4 heteroatoms. The summed E-state index contributed by atoms with van der Waals surface area (Å²) in [7, 11) is 0. The predicted octanol–water partition coefficient (Wildman–Crippen LogP) is 2.16. The van der Waals surface area contributed by atoms with Gasteiger partial charge in [-0.25, -0.2) is 0 Å². The topological polar surface area (TPSA) is 50.1 Å². The zero-order valence-corrected chi connectivity index (χ0v) is 12.0. The first kappa shape index (κ1) is 14.8. The molecule has 0 aliphatic heterocycles. The summed E-state index contributed by atoms with van der Waals surface area (Å²) in [6.07, 6.45) is 5.57. The highest BCUT2D eigenvalue weighted by atomic mass is 16.3. The normalized spacial score (nSPS) is 14.1. The SMILES string of the molecule is CCCNC(CO)(CCn1cccn1)c1ccccc1. The Bertz CT molecular complexity index is 484. The molecular formula is C16H23N3O. The van der Waals surface area contributed by atoms with E-state index in [-0.39, 0.29) is 6.61 Å². The van der Waals surface area contributed by atoms with E-state index in [0.29, 0.717) is 0 Å². The fourth-order valence-electron chi connectivity index (χ4n) is 2.42. The molecule has 0 spiro atoms. The minimum absolute atomic E-state index is 0.0816. The van der Waals surface area contributed by atoms with Crippen molar-refractivity contribution >= 4 is 0 Å². The van der Waals surface area contributed by atoms with E-state index in [1.165, 1.54) is 0 Å². The van der Waals surface area contributed by atoms with Crippen LogP contribution in [-0.2, 0) is 12.1 Å². The van der Waals surface area contributed by atoms with E-state index >= 15 is 0 Å². The second-order valence-electron chi connectivity index (χ2n) is 5.05. The molecule has 1 aromatic heterocycles. The second-order valence-corrected chi connectivity index (χ2v) is 5.05. The Morgan fingerprint density at radius 2 is 2.05 bits per heavy atom. The summed E-state index contributed by atoms with van der Waals surface area (Å²) in [5, 5.41) is 17.7. The van der Waals surface area contributed by atoms with Gasteiger partial charge in [0.15, 0.2) is 0 Å². The Hall–Kier alpha value is -1.65. The largest absolute Gasteiger partial charge is 0.394 e. The molecule has 2 aromatic rings. The molecule has 0 radical (unpaired) electrons. The molecule has 1 aromatic carbocycles. The fraction of sp³-hybridized carbons (Fsp3) is 0.438. The van der Waals surface area contributed by atoms with Crippen molar-refractivity contribution in [1.82, 2.24) is 15.1 Å². The average molecular weight is 273 g/mol. The molecule has 0 saturated carbocycles. The first-order valence-corrected chi connectivity index (χ1v) is 7.19. The van der Waals surface area contributed by atoms with Crippen LogP contribution in [0.4, 0.5) is 0 Å². The van der Waals surface area contributed by atoms with Gasteiger partial charge in [-0.15, -0.1) is 0 Å². The summed E-state index contributed by atoms with van der Waals surface area (Å²) < 4.78 is 1.90. The molecule has 108 valence electrons. The van der Waals surface area contributed by atoms with E-state index in [4.69, 9.17) is 0 Å². The molecule has 0 aliphatic rings. The molecule has 2 rings (SSSR count). The third-order valence-electron chi connectivity index (χ3n) is 3.64. The molecular weight excluding hydrogens is 250 g/mol. The summed E-state index contributed by atoms with van der Waals surface area (Å²) in [6, 6.07) is 12.1. The lowest BCUT2D eigenvalue weighted by Crippen LogP contribution is -2.46. The standard InChI is InChI=1S/C16H23N3O/c1-2-10-17-16(14-20,15-7-4-3-5-8-15)9-13-19-12-6-11-18-19/h3-8,11-12,17,20H,2,9-10,13-14H2,1H3. The molecule has 0 aliphatic carbocycles. The van der Waals surface area contributed by atoms with Crippen molar-refractivity contribution in [3.05, 3.63) is 54.4 Å². The summed E-state index contributed by atoms with van der Waals surface area (Å²) in [5.41, 5.74) is 0.728. The molecule has 2 N–H and O–H groups in total. The average Bonchev–Trinajstić information content (AvgIpc) is 3.02. The summed E-state index contributed by atoms with van der Waals surface area (Å²) >= 11 is 0. The lowest BCUT2D eigenvalue weighted by Gasteiger charge is -2.34. The van der Waals surface area contributed by atoms with Crippen LogP contribution >= 0.6 is 0 Å². The zero-order chi connectivity index (χ0) is 14.3. The Morgan fingerprint density at radius 1 is 1.25 bits per heavy atom. The number of rotatable bonds is 8. The van der Waals surface area contributed by atoms with Crippen LogP contribution in [0.2, 0.25) is 0 Å². The highest BCUT2D eigenvalue weighted by Gasteiger charge is 2.30. The van der Waals surface area contributed by atoms with Crippen LogP contribution in [0.3, 0.4) is 0 Å². The van der Waals surface area contributed by atoms with Crippen molar-refractivity contribution in [2.24, 2.45) is 0 Å². The second kappa shape index (κ2) is 7.22. The van der Waals surface area contributed by atoms with Gasteiger partial charge in [0, 0.05) is 18.9 Å². The summed E-state index contributed by atoms with van der Waals surface area (Å²) in [5.74, 6) is 0. The molecule has 1 heterocycles. The number of nitrogens with one attached hydrogen (secondary N) is 1. The number of hydrogen-bond acceptors (Lipinski definition) is 3. The fourth-order valence-corrected chi connectivity index (χ4v) is 2.42. The number of nitrogens with zero attached hydrogens (tertiary/aromatic N) is 2. The van der Waals surface area contributed by atoms with Crippen molar-refractivity contribution < 1.29 is 5.11 Å². The van der Waals surface area contributed by atoms with E-state index in [1.54, 1.807) is 6.20 Å². The van der Waals surface area contributed by atoms with Crippen molar-refractivity contribution in [2.45, 2.75) is 31.8 Å². The number of aryl methyl sites for hydroxylation is 1. The van der Waals surface area contributed by atoms with Gasteiger partial charge in [-0.1, -0.05) is 37.3 Å². The maximum atomic E-state index is 9.99. The van der Waals surface area contributed by atoms with Crippen LogP contribution in [0.15, 0.2) is 48.8 Å². The minimum Gasteiger partial charge on any atom is -0.394 e. The smallest absolute Gasteiger partial charge is 0.0686 e. The number of aromatic nitrogens is 2. The molecule has 0 amide bonds. The highest BCUT2D eigenvalue weighted by molar-refractivity contribution is 5.24. The number of aliphatic hydroxyl groups is 1. The number of aliphatic hydroxyl groups excluding tert-OH is 1. The third kappa shape index (κ3) is 3.46. The van der Waals surface area contributed by atoms with Gasteiger partial charge in [0.05, 0.1) is 12.1 Å². The minimum atomic E-state index is -0.400. The monoisotopic (exact) mass is 273 g/mol. The van der Waals surface area contributed by atoms with Gasteiger partial charge >= 0.3 is 0 Å².